The average Bonchev–Trinajstić information content (AvgIpc) is 2.40. The summed E-state index contributed by atoms with van der Waals surface area (Å²) in [7, 11) is 0. The Kier molecular flexibility index (Phi) is 9.74. The number of carbonyl (C=O) groups excluding carboxylic acids is 2. The zero-order valence-electron chi connectivity index (χ0n) is 17.0. The van der Waals surface area contributed by atoms with Crippen LogP contribution in [0, 0.1) is 5.41 Å². The van der Waals surface area contributed by atoms with Crippen LogP contribution < -0.4 is 16.0 Å². The van der Waals surface area contributed by atoms with Gasteiger partial charge in [0.15, 0.2) is 5.78 Å². The summed E-state index contributed by atoms with van der Waals surface area (Å²) in [5.74, 6) is -0.0174. The number of amides is 1. The SMILES string of the molecule is CC(C)NCCCCC(NC(=O)CNC(C)(C)C)C(=O)C(C)(C)C. The van der Waals surface area contributed by atoms with Gasteiger partial charge in [0.25, 0.3) is 0 Å². The Morgan fingerprint density at radius 3 is 2.00 bits per heavy atom. The van der Waals surface area contributed by atoms with Crippen LogP contribution in [-0.4, -0.2) is 42.4 Å². The Labute approximate surface area is 148 Å². The maximum absolute atomic E-state index is 12.6. The van der Waals surface area contributed by atoms with Gasteiger partial charge in [-0.1, -0.05) is 34.6 Å². The van der Waals surface area contributed by atoms with E-state index in [4.69, 9.17) is 0 Å². The third-order valence-electron chi connectivity index (χ3n) is 3.64. The first kappa shape index (κ1) is 23.1. The van der Waals surface area contributed by atoms with Crippen LogP contribution in [0.25, 0.3) is 0 Å². The summed E-state index contributed by atoms with van der Waals surface area (Å²) in [6.45, 7) is 17.2. The van der Waals surface area contributed by atoms with Crippen LogP contribution in [0.15, 0.2) is 0 Å². The van der Waals surface area contributed by atoms with Crippen LogP contribution in [0.1, 0.15) is 74.7 Å². The van der Waals surface area contributed by atoms with Gasteiger partial charge in [-0.25, -0.2) is 0 Å². The van der Waals surface area contributed by atoms with Gasteiger partial charge in [-0.05, 0) is 46.6 Å². The summed E-state index contributed by atoms with van der Waals surface area (Å²) >= 11 is 0. The van der Waals surface area contributed by atoms with Crippen molar-refractivity contribution in [1.82, 2.24) is 16.0 Å². The number of unbranched alkanes of at least 4 members (excludes halogenated alkanes) is 1. The molecule has 0 bridgehead atoms. The van der Waals surface area contributed by atoms with E-state index >= 15 is 0 Å². The minimum absolute atomic E-state index is 0.100. The average molecular weight is 342 g/mol. The number of hydrogen-bond acceptors (Lipinski definition) is 4. The molecule has 0 aromatic rings. The van der Waals surface area contributed by atoms with Gasteiger partial charge in [0.2, 0.25) is 5.91 Å². The lowest BCUT2D eigenvalue weighted by Crippen LogP contribution is -2.50. The van der Waals surface area contributed by atoms with Crippen molar-refractivity contribution >= 4 is 11.7 Å². The summed E-state index contributed by atoms with van der Waals surface area (Å²) in [6.07, 6.45) is 2.61. The molecule has 1 atom stereocenters. The zero-order chi connectivity index (χ0) is 19.0. The van der Waals surface area contributed by atoms with Gasteiger partial charge >= 0.3 is 0 Å². The summed E-state index contributed by atoms with van der Waals surface area (Å²) in [6, 6.07) is 0.0681. The molecule has 0 aliphatic rings. The highest BCUT2D eigenvalue weighted by Gasteiger charge is 2.30. The zero-order valence-corrected chi connectivity index (χ0v) is 17.0. The molecule has 0 aliphatic heterocycles. The van der Waals surface area contributed by atoms with E-state index in [1.54, 1.807) is 0 Å². The Morgan fingerprint density at radius 1 is 0.958 bits per heavy atom. The molecule has 1 amide bonds. The Morgan fingerprint density at radius 2 is 1.54 bits per heavy atom. The molecule has 0 aromatic carbocycles. The normalized spacial score (nSPS) is 13.9. The molecule has 0 saturated heterocycles. The molecule has 0 radical (unpaired) electrons. The Hall–Kier alpha value is -0.940. The lowest BCUT2D eigenvalue weighted by Gasteiger charge is -2.26. The molecule has 1 unspecified atom stereocenters. The molecule has 0 rings (SSSR count). The lowest BCUT2D eigenvalue weighted by atomic mass is 9.84. The van der Waals surface area contributed by atoms with Crippen molar-refractivity contribution < 1.29 is 9.59 Å². The molecule has 0 fully saturated rings. The number of nitrogens with one attached hydrogen (secondary N) is 3. The quantitative estimate of drug-likeness (QED) is 0.534. The molecule has 142 valence electrons. The number of hydrogen-bond donors (Lipinski definition) is 3. The maximum Gasteiger partial charge on any atom is 0.234 e. The number of rotatable bonds is 10. The molecule has 24 heavy (non-hydrogen) atoms. The summed E-state index contributed by atoms with van der Waals surface area (Å²) in [5.41, 5.74) is -0.574. The van der Waals surface area contributed by atoms with Gasteiger partial charge < -0.3 is 16.0 Å². The van der Waals surface area contributed by atoms with Gasteiger partial charge in [-0.2, -0.15) is 0 Å². The summed E-state index contributed by atoms with van der Waals surface area (Å²) < 4.78 is 0. The van der Waals surface area contributed by atoms with Crippen molar-refractivity contribution in [1.29, 1.82) is 0 Å². The molecule has 5 heteroatoms. The molecule has 0 heterocycles. The fourth-order valence-electron chi connectivity index (χ4n) is 2.25. The lowest BCUT2D eigenvalue weighted by molar-refractivity contribution is -0.132. The largest absolute Gasteiger partial charge is 0.345 e. The van der Waals surface area contributed by atoms with E-state index in [2.05, 4.69) is 29.8 Å². The van der Waals surface area contributed by atoms with E-state index in [1.165, 1.54) is 0 Å². The molecule has 3 N–H and O–H groups in total. The fourth-order valence-corrected chi connectivity index (χ4v) is 2.25. The molecule has 0 aromatic heterocycles. The van der Waals surface area contributed by atoms with Crippen LogP contribution in [-0.2, 0) is 9.59 Å². The second-order valence-corrected chi connectivity index (χ2v) is 8.94. The second kappa shape index (κ2) is 10.1. The van der Waals surface area contributed by atoms with Crippen molar-refractivity contribution in [2.75, 3.05) is 13.1 Å². The predicted octanol–water partition coefficient (Wildman–Crippen LogP) is 2.64. The highest BCUT2D eigenvalue weighted by molar-refractivity contribution is 5.92. The van der Waals surface area contributed by atoms with E-state index in [9.17, 15) is 9.59 Å². The van der Waals surface area contributed by atoms with Gasteiger partial charge in [-0.3, -0.25) is 9.59 Å². The highest BCUT2D eigenvalue weighted by Crippen LogP contribution is 2.19. The summed E-state index contributed by atoms with van der Waals surface area (Å²) in [4.78, 5) is 24.8. The monoisotopic (exact) mass is 341 g/mol. The number of ketones is 1. The molecular weight excluding hydrogens is 302 g/mol. The smallest absolute Gasteiger partial charge is 0.234 e. The first-order chi connectivity index (χ1) is 10.8. The van der Waals surface area contributed by atoms with E-state index in [0.717, 1.165) is 19.4 Å². The summed E-state index contributed by atoms with van der Waals surface area (Å²) in [5, 5.41) is 9.46. The highest BCUT2D eigenvalue weighted by atomic mass is 16.2. The van der Waals surface area contributed by atoms with E-state index in [0.29, 0.717) is 12.5 Å². The standard InChI is InChI=1S/C19H39N3O2/c1-14(2)20-12-10-9-11-15(17(24)18(3,4)5)22-16(23)13-21-19(6,7)8/h14-15,20-21H,9-13H2,1-8H3,(H,22,23). The van der Waals surface area contributed by atoms with Crippen LogP contribution in [0.2, 0.25) is 0 Å². The first-order valence-electron chi connectivity index (χ1n) is 9.15. The van der Waals surface area contributed by atoms with Crippen LogP contribution in [0.3, 0.4) is 0 Å². The van der Waals surface area contributed by atoms with Crippen molar-refractivity contribution in [3.63, 3.8) is 0 Å². The number of carbonyl (C=O) groups is 2. The van der Waals surface area contributed by atoms with Crippen LogP contribution >= 0.6 is 0 Å². The van der Waals surface area contributed by atoms with Gasteiger partial charge in [0.05, 0.1) is 12.6 Å². The molecule has 0 spiro atoms. The predicted molar refractivity (Wildman–Crippen MR) is 101 cm³/mol. The third-order valence-corrected chi connectivity index (χ3v) is 3.64. The second-order valence-electron chi connectivity index (χ2n) is 8.94. The van der Waals surface area contributed by atoms with E-state index in [1.807, 2.05) is 41.5 Å². The van der Waals surface area contributed by atoms with Crippen molar-refractivity contribution in [3.8, 4) is 0 Å². The molecule has 0 aliphatic carbocycles. The van der Waals surface area contributed by atoms with E-state index in [-0.39, 0.29) is 23.8 Å². The van der Waals surface area contributed by atoms with Crippen LogP contribution in [0.5, 0.6) is 0 Å². The molecule has 5 nitrogen and oxygen atoms in total. The van der Waals surface area contributed by atoms with Crippen molar-refractivity contribution in [3.05, 3.63) is 0 Å². The van der Waals surface area contributed by atoms with E-state index < -0.39 is 11.5 Å². The maximum atomic E-state index is 12.6. The van der Waals surface area contributed by atoms with Crippen molar-refractivity contribution in [2.24, 2.45) is 5.41 Å². The Bertz CT molecular complexity index is 392. The van der Waals surface area contributed by atoms with Gasteiger partial charge in [0, 0.05) is 17.0 Å². The van der Waals surface area contributed by atoms with Crippen LogP contribution in [0.4, 0.5) is 0 Å². The third kappa shape index (κ3) is 11.6. The fraction of sp³-hybridized carbons (Fsp3) is 0.895. The minimum atomic E-state index is -0.453. The van der Waals surface area contributed by atoms with Gasteiger partial charge in [0.1, 0.15) is 0 Å². The first-order valence-corrected chi connectivity index (χ1v) is 9.15. The molecule has 0 saturated carbocycles. The van der Waals surface area contributed by atoms with Gasteiger partial charge in [-0.15, -0.1) is 0 Å². The Balaban J connectivity index is 4.54. The van der Waals surface area contributed by atoms with Crippen molar-refractivity contribution in [2.45, 2.75) is 92.3 Å². The topological polar surface area (TPSA) is 70.2 Å². The minimum Gasteiger partial charge on any atom is -0.345 e. The molecular formula is C19H39N3O2. The number of Topliss-reactive ketones (excluding diaryl/α,β-unsaturated/α-hetero) is 1.